The van der Waals surface area contributed by atoms with E-state index in [9.17, 15) is 4.79 Å². The lowest BCUT2D eigenvalue weighted by Gasteiger charge is -2.26. The Morgan fingerprint density at radius 2 is 1.59 bits per heavy atom. The maximum Gasteiger partial charge on any atom is 0.273 e. The number of nitrogens with zero attached hydrogens (tertiary/aromatic N) is 2. The Balaban J connectivity index is 1.91. The fraction of sp³-hybridized carbons (Fsp3) is 0.391. The highest BCUT2D eigenvalue weighted by atomic mass is 16.2. The van der Waals surface area contributed by atoms with Crippen molar-refractivity contribution in [1.29, 1.82) is 0 Å². The van der Waals surface area contributed by atoms with Crippen LogP contribution in [0.4, 0.5) is 0 Å². The Bertz CT molecular complexity index is 933. The molecule has 0 saturated carbocycles. The number of rotatable bonds is 5. The molecule has 0 aliphatic carbocycles. The molecule has 1 amide bonds. The van der Waals surface area contributed by atoms with E-state index in [0.717, 1.165) is 29.4 Å². The van der Waals surface area contributed by atoms with Gasteiger partial charge in [0, 0.05) is 11.9 Å². The van der Waals surface area contributed by atoms with Gasteiger partial charge in [-0.2, -0.15) is 5.10 Å². The molecule has 0 fully saturated rings. The average molecular weight is 364 g/mol. The molecule has 0 aliphatic heterocycles. The zero-order valence-corrected chi connectivity index (χ0v) is 16.9. The number of carbonyl (C=O) groups excluding carboxylic acids is 1. The third-order valence-electron chi connectivity index (χ3n) is 4.87. The van der Waals surface area contributed by atoms with Gasteiger partial charge in [-0.3, -0.25) is 9.48 Å². The van der Waals surface area contributed by atoms with E-state index in [4.69, 9.17) is 0 Å². The van der Waals surface area contributed by atoms with E-state index in [-0.39, 0.29) is 11.3 Å². The van der Waals surface area contributed by atoms with Gasteiger partial charge in [-0.1, -0.05) is 69.3 Å². The van der Waals surface area contributed by atoms with Gasteiger partial charge in [-0.25, -0.2) is 0 Å². The summed E-state index contributed by atoms with van der Waals surface area (Å²) >= 11 is 0. The second-order valence-corrected chi connectivity index (χ2v) is 8.84. The second-order valence-electron chi connectivity index (χ2n) is 8.84. The van der Waals surface area contributed by atoms with Crippen LogP contribution in [-0.2, 0) is 12.1 Å². The van der Waals surface area contributed by atoms with E-state index in [1.54, 1.807) is 0 Å². The Labute approximate surface area is 161 Å². The van der Waals surface area contributed by atoms with Crippen molar-refractivity contribution in [2.45, 2.75) is 53.1 Å². The number of fused-ring (bicyclic) bond motifs is 1. The lowest BCUT2D eigenvalue weighted by Crippen LogP contribution is -2.41. The molecule has 1 aromatic heterocycles. The molecule has 0 aliphatic rings. The van der Waals surface area contributed by atoms with Crippen LogP contribution in [0.5, 0.6) is 0 Å². The summed E-state index contributed by atoms with van der Waals surface area (Å²) in [6.45, 7) is 11.5. The average Bonchev–Trinajstić information content (AvgIpc) is 2.99. The zero-order valence-electron chi connectivity index (χ0n) is 16.9. The number of hydrogen-bond donors (Lipinski definition) is 1. The standard InChI is InChI=1S/C23H29N3O/c1-22(2,3)15-16-26-19-14-10-9-13-18(19)20(25-26)21(27)24-23(4,5)17-11-7-6-8-12-17/h6-14H,15-16H2,1-5H3,(H,24,27). The highest BCUT2D eigenvalue weighted by Gasteiger charge is 2.26. The van der Waals surface area contributed by atoms with Crippen molar-refractivity contribution in [2.24, 2.45) is 5.41 Å². The Morgan fingerprint density at radius 3 is 2.26 bits per heavy atom. The smallest absolute Gasteiger partial charge is 0.273 e. The molecule has 1 N–H and O–H groups in total. The largest absolute Gasteiger partial charge is 0.342 e. The molecule has 0 unspecified atom stereocenters. The van der Waals surface area contributed by atoms with Crippen LogP contribution >= 0.6 is 0 Å². The number of carbonyl (C=O) groups is 1. The fourth-order valence-electron chi connectivity index (χ4n) is 3.18. The highest BCUT2D eigenvalue weighted by Crippen LogP contribution is 2.25. The molecule has 0 radical (unpaired) electrons. The number of aromatic nitrogens is 2. The van der Waals surface area contributed by atoms with Crippen molar-refractivity contribution in [3.63, 3.8) is 0 Å². The first-order valence-electron chi connectivity index (χ1n) is 9.51. The molecule has 0 saturated heterocycles. The molecule has 0 bridgehead atoms. The second kappa shape index (κ2) is 7.18. The van der Waals surface area contributed by atoms with Gasteiger partial charge in [0.2, 0.25) is 0 Å². The first kappa shape index (κ1) is 19.2. The van der Waals surface area contributed by atoms with Crippen molar-refractivity contribution < 1.29 is 4.79 Å². The third-order valence-corrected chi connectivity index (χ3v) is 4.87. The van der Waals surface area contributed by atoms with E-state index in [1.807, 2.05) is 73.1 Å². The molecule has 2 aromatic carbocycles. The monoisotopic (exact) mass is 363 g/mol. The van der Waals surface area contributed by atoms with Gasteiger partial charge in [-0.15, -0.1) is 0 Å². The minimum atomic E-state index is -0.478. The minimum absolute atomic E-state index is 0.144. The van der Waals surface area contributed by atoms with Crippen molar-refractivity contribution >= 4 is 16.8 Å². The molecule has 4 heteroatoms. The maximum atomic E-state index is 13.1. The summed E-state index contributed by atoms with van der Waals surface area (Å²) < 4.78 is 1.96. The van der Waals surface area contributed by atoms with Gasteiger partial charge >= 0.3 is 0 Å². The van der Waals surface area contributed by atoms with Gasteiger partial charge < -0.3 is 5.32 Å². The van der Waals surface area contributed by atoms with E-state index in [1.165, 1.54) is 0 Å². The topological polar surface area (TPSA) is 46.9 Å². The van der Waals surface area contributed by atoms with Crippen LogP contribution in [0.3, 0.4) is 0 Å². The SMILES string of the molecule is CC(C)(C)CCn1nc(C(=O)NC(C)(C)c2ccccc2)c2ccccc21. The summed E-state index contributed by atoms with van der Waals surface area (Å²) in [7, 11) is 0. The lowest BCUT2D eigenvalue weighted by molar-refractivity contribution is 0.0907. The number of aryl methyl sites for hydroxylation is 1. The first-order valence-corrected chi connectivity index (χ1v) is 9.51. The van der Waals surface area contributed by atoms with Gasteiger partial charge in [0.25, 0.3) is 5.91 Å². The molecule has 0 spiro atoms. The summed E-state index contributed by atoms with van der Waals surface area (Å²) in [5, 5.41) is 8.72. The molecule has 3 rings (SSSR count). The van der Waals surface area contributed by atoms with Crippen molar-refractivity contribution in [1.82, 2.24) is 15.1 Å². The molecule has 4 nitrogen and oxygen atoms in total. The van der Waals surface area contributed by atoms with E-state index in [2.05, 4.69) is 31.2 Å². The Morgan fingerprint density at radius 1 is 0.963 bits per heavy atom. The number of nitrogens with one attached hydrogen (secondary N) is 1. The lowest BCUT2D eigenvalue weighted by atomic mass is 9.92. The normalized spacial score (nSPS) is 12.3. The molecule has 27 heavy (non-hydrogen) atoms. The molecule has 0 atom stereocenters. The predicted octanol–water partition coefficient (Wildman–Crippen LogP) is 5.14. The number of para-hydroxylation sites is 1. The number of amides is 1. The van der Waals surface area contributed by atoms with Crippen LogP contribution in [0.15, 0.2) is 54.6 Å². The van der Waals surface area contributed by atoms with Crippen LogP contribution in [0.25, 0.3) is 10.9 Å². The van der Waals surface area contributed by atoms with Gasteiger partial charge in [0.15, 0.2) is 5.69 Å². The van der Waals surface area contributed by atoms with Gasteiger partial charge in [0.05, 0.1) is 11.1 Å². The molecule has 1 heterocycles. The predicted molar refractivity (Wildman–Crippen MR) is 111 cm³/mol. The van der Waals surface area contributed by atoms with Crippen molar-refractivity contribution in [2.75, 3.05) is 0 Å². The van der Waals surface area contributed by atoms with E-state index < -0.39 is 5.54 Å². The van der Waals surface area contributed by atoms with E-state index in [0.29, 0.717) is 5.69 Å². The van der Waals surface area contributed by atoms with Gasteiger partial charge in [-0.05, 0) is 37.3 Å². The molecule has 3 aromatic rings. The summed E-state index contributed by atoms with van der Waals surface area (Å²) in [6.07, 6.45) is 0.995. The van der Waals surface area contributed by atoms with E-state index >= 15 is 0 Å². The Kier molecular flexibility index (Phi) is 5.09. The summed E-state index contributed by atoms with van der Waals surface area (Å²) in [5.41, 5.74) is 2.29. The van der Waals surface area contributed by atoms with Crippen molar-refractivity contribution in [3.8, 4) is 0 Å². The molecule has 142 valence electrons. The van der Waals surface area contributed by atoms with Crippen LogP contribution in [0, 0.1) is 5.41 Å². The number of hydrogen-bond acceptors (Lipinski definition) is 2. The quantitative estimate of drug-likeness (QED) is 0.682. The van der Waals surface area contributed by atoms with Gasteiger partial charge in [0.1, 0.15) is 0 Å². The Hall–Kier alpha value is -2.62. The van der Waals surface area contributed by atoms with Crippen molar-refractivity contribution in [3.05, 3.63) is 65.9 Å². The fourth-order valence-corrected chi connectivity index (χ4v) is 3.18. The first-order chi connectivity index (χ1) is 12.7. The summed E-state index contributed by atoms with van der Waals surface area (Å²) in [6, 6.07) is 18.0. The third kappa shape index (κ3) is 4.38. The molecular formula is C23H29N3O. The summed E-state index contributed by atoms with van der Waals surface area (Å²) in [4.78, 5) is 13.1. The van der Waals surface area contributed by atoms with Crippen LogP contribution in [-0.4, -0.2) is 15.7 Å². The highest BCUT2D eigenvalue weighted by molar-refractivity contribution is 6.05. The number of benzene rings is 2. The zero-order chi connectivity index (χ0) is 19.7. The van der Waals surface area contributed by atoms with Crippen LogP contribution in [0.1, 0.15) is 57.1 Å². The maximum absolute atomic E-state index is 13.1. The minimum Gasteiger partial charge on any atom is -0.342 e. The van der Waals surface area contributed by atoms with Crippen LogP contribution in [0.2, 0.25) is 0 Å². The molecular weight excluding hydrogens is 334 g/mol. The van der Waals surface area contributed by atoms with Crippen LogP contribution < -0.4 is 5.32 Å². The summed E-state index contributed by atoms with van der Waals surface area (Å²) in [5.74, 6) is -0.144.